The summed E-state index contributed by atoms with van der Waals surface area (Å²) >= 11 is 0. The molecule has 0 fully saturated rings. The maximum atomic E-state index is 12.5. The summed E-state index contributed by atoms with van der Waals surface area (Å²) in [6.07, 6.45) is 1.16. The minimum absolute atomic E-state index is 0.0392. The molecule has 2 unspecified atom stereocenters. The number of carbonyl (C=O) groups is 3. The highest BCUT2D eigenvalue weighted by molar-refractivity contribution is 5.99. The largest absolute Gasteiger partial charge is 0.465 e. The topological polar surface area (TPSA) is 63.7 Å². The monoisotopic (exact) mass is 337 g/mol. The second-order valence-electron chi connectivity index (χ2n) is 6.07. The van der Waals surface area contributed by atoms with Gasteiger partial charge in [-0.05, 0) is 29.3 Å². The average Bonchev–Trinajstić information content (AvgIpc) is 2.90. The Morgan fingerprint density at radius 1 is 1.20 bits per heavy atom. The average molecular weight is 337 g/mol. The predicted octanol–water partition coefficient (Wildman–Crippen LogP) is 2.97. The number of aldehydes is 1. The smallest absolute Gasteiger partial charge is 0.337 e. The number of likely N-dealkylation sites (N-methyl/N-ethyl adjacent to an activating group) is 1. The number of hydrogen-bond acceptors (Lipinski definition) is 4. The molecule has 25 heavy (non-hydrogen) atoms. The number of ether oxygens (including phenoxy) is 1. The Hall–Kier alpha value is -2.95. The summed E-state index contributed by atoms with van der Waals surface area (Å²) in [7, 11) is 3.09. The highest BCUT2D eigenvalue weighted by Gasteiger charge is 2.39. The van der Waals surface area contributed by atoms with E-state index in [1.807, 2.05) is 36.4 Å². The van der Waals surface area contributed by atoms with E-state index in [0.717, 1.165) is 17.4 Å². The number of amides is 1. The van der Waals surface area contributed by atoms with Crippen molar-refractivity contribution in [1.29, 1.82) is 0 Å². The van der Waals surface area contributed by atoms with E-state index in [2.05, 4.69) is 0 Å². The van der Waals surface area contributed by atoms with Crippen LogP contribution < -0.4 is 0 Å². The first-order valence-corrected chi connectivity index (χ1v) is 8.06. The lowest BCUT2D eigenvalue weighted by atomic mass is 9.84. The van der Waals surface area contributed by atoms with E-state index in [1.54, 1.807) is 24.1 Å². The Kier molecular flexibility index (Phi) is 4.65. The zero-order chi connectivity index (χ0) is 18.0. The third-order valence-electron chi connectivity index (χ3n) is 4.74. The first-order valence-electron chi connectivity index (χ1n) is 8.06. The molecule has 2 aromatic carbocycles. The second-order valence-corrected chi connectivity index (χ2v) is 6.07. The quantitative estimate of drug-likeness (QED) is 0.621. The van der Waals surface area contributed by atoms with Gasteiger partial charge in [0, 0.05) is 24.9 Å². The van der Waals surface area contributed by atoms with Crippen LogP contribution in [0.1, 0.15) is 50.2 Å². The number of hydrogen-bond donors (Lipinski definition) is 0. The molecule has 0 saturated heterocycles. The minimum Gasteiger partial charge on any atom is -0.465 e. The fourth-order valence-electron chi connectivity index (χ4n) is 3.50. The van der Waals surface area contributed by atoms with Crippen molar-refractivity contribution in [2.45, 2.75) is 18.4 Å². The number of nitrogens with zero attached hydrogens (tertiary/aromatic N) is 1. The molecule has 1 aliphatic rings. The highest BCUT2D eigenvalue weighted by atomic mass is 16.5. The van der Waals surface area contributed by atoms with Crippen molar-refractivity contribution in [3.05, 3.63) is 70.8 Å². The Labute approximate surface area is 146 Å². The van der Waals surface area contributed by atoms with Gasteiger partial charge in [0.05, 0.1) is 18.7 Å². The third-order valence-corrected chi connectivity index (χ3v) is 4.74. The van der Waals surface area contributed by atoms with Crippen molar-refractivity contribution >= 4 is 18.2 Å². The number of rotatable bonds is 5. The van der Waals surface area contributed by atoms with Gasteiger partial charge in [0.2, 0.25) is 0 Å². The van der Waals surface area contributed by atoms with Gasteiger partial charge < -0.3 is 14.4 Å². The molecular weight excluding hydrogens is 318 g/mol. The number of benzene rings is 2. The van der Waals surface area contributed by atoms with Crippen LogP contribution in [-0.4, -0.2) is 37.2 Å². The normalized spacial score (nSPS) is 17.1. The summed E-state index contributed by atoms with van der Waals surface area (Å²) in [5, 5.41) is 0. The number of fused-ring (bicyclic) bond motifs is 1. The molecular formula is C20H19NO4. The van der Waals surface area contributed by atoms with Crippen molar-refractivity contribution in [2.75, 3.05) is 14.2 Å². The van der Waals surface area contributed by atoms with Crippen LogP contribution in [0.5, 0.6) is 0 Å². The van der Waals surface area contributed by atoms with Gasteiger partial charge in [-0.2, -0.15) is 0 Å². The Bertz CT molecular complexity index is 813. The van der Waals surface area contributed by atoms with Gasteiger partial charge >= 0.3 is 5.97 Å². The van der Waals surface area contributed by atoms with E-state index in [9.17, 15) is 14.4 Å². The summed E-state index contributed by atoms with van der Waals surface area (Å²) in [5.41, 5.74) is 2.96. The number of methoxy groups -OCH3 is 1. The molecule has 3 rings (SSSR count). The molecule has 2 aromatic rings. The van der Waals surface area contributed by atoms with E-state index in [0.29, 0.717) is 11.1 Å². The molecule has 0 aromatic heterocycles. The summed E-state index contributed by atoms with van der Waals surface area (Å²) in [6.45, 7) is 0. The maximum absolute atomic E-state index is 12.5. The molecule has 0 bridgehead atoms. The van der Waals surface area contributed by atoms with Crippen LogP contribution in [0.25, 0.3) is 0 Å². The number of carbonyl (C=O) groups excluding carboxylic acids is 3. The van der Waals surface area contributed by atoms with Crippen molar-refractivity contribution in [3.8, 4) is 0 Å². The molecule has 0 aliphatic carbocycles. The summed E-state index contributed by atoms with van der Waals surface area (Å²) in [5.74, 6) is -0.624. The predicted molar refractivity (Wildman–Crippen MR) is 92.5 cm³/mol. The van der Waals surface area contributed by atoms with Crippen LogP contribution in [0.2, 0.25) is 0 Å². The lowest BCUT2D eigenvalue weighted by molar-refractivity contribution is -0.108. The van der Waals surface area contributed by atoms with Gasteiger partial charge in [-0.25, -0.2) is 4.79 Å². The lowest BCUT2D eigenvalue weighted by Crippen LogP contribution is -2.28. The van der Waals surface area contributed by atoms with Crippen molar-refractivity contribution in [3.63, 3.8) is 0 Å². The van der Waals surface area contributed by atoms with Gasteiger partial charge in [0.25, 0.3) is 5.91 Å². The lowest BCUT2D eigenvalue weighted by Gasteiger charge is -2.29. The first-order chi connectivity index (χ1) is 12.1. The molecule has 1 aliphatic heterocycles. The summed E-state index contributed by atoms with van der Waals surface area (Å²) in [4.78, 5) is 37.1. The van der Waals surface area contributed by atoms with Crippen LogP contribution in [0.4, 0.5) is 0 Å². The van der Waals surface area contributed by atoms with Gasteiger partial charge in [-0.15, -0.1) is 0 Å². The Morgan fingerprint density at radius 3 is 2.52 bits per heavy atom. The fourth-order valence-corrected chi connectivity index (χ4v) is 3.50. The van der Waals surface area contributed by atoms with E-state index in [1.165, 1.54) is 7.11 Å². The second kappa shape index (κ2) is 6.89. The molecule has 5 heteroatoms. The fraction of sp³-hybridized carbons (Fsp3) is 0.250. The Balaban J connectivity index is 2.00. The number of esters is 1. The molecule has 2 atom stereocenters. The standard InChI is InChI=1S/C20H19NO4/c1-21-18(16-5-3-4-6-17(16)19(21)23)15(11-12-22)13-7-9-14(10-8-13)20(24)25-2/h3-10,12,15,18H,11H2,1-2H3. The molecule has 0 radical (unpaired) electrons. The summed E-state index contributed by atoms with van der Waals surface area (Å²) < 4.78 is 4.71. The van der Waals surface area contributed by atoms with Gasteiger partial charge in [0.1, 0.15) is 6.29 Å². The van der Waals surface area contributed by atoms with E-state index >= 15 is 0 Å². The van der Waals surface area contributed by atoms with Crippen molar-refractivity contribution < 1.29 is 19.1 Å². The Morgan fingerprint density at radius 2 is 1.88 bits per heavy atom. The van der Waals surface area contributed by atoms with E-state index in [-0.39, 0.29) is 24.3 Å². The van der Waals surface area contributed by atoms with Crippen molar-refractivity contribution in [2.24, 2.45) is 0 Å². The van der Waals surface area contributed by atoms with Crippen LogP contribution in [0, 0.1) is 0 Å². The van der Waals surface area contributed by atoms with Crippen LogP contribution >= 0.6 is 0 Å². The first kappa shape index (κ1) is 16.9. The molecule has 0 N–H and O–H groups in total. The molecule has 128 valence electrons. The zero-order valence-electron chi connectivity index (χ0n) is 14.1. The molecule has 0 saturated carbocycles. The third kappa shape index (κ3) is 2.93. The summed E-state index contributed by atoms with van der Waals surface area (Å²) in [6, 6.07) is 14.3. The SMILES string of the molecule is COC(=O)c1ccc(C(CC=O)C2c3ccccc3C(=O)N2C)cc1. The molecule has 5 nitrogen and oxygen atoms in total. The molecule has 0 spiro atoms. The maximum Gasteiger partial charge on any atom is 0.337 e. The van der Waals surface area contributed by atoms with Gasteiger partial charge in [0.15, 0.2) is 0 Å². The minimum atomic E-state index is -0.406. The zero-order valence-corrected chi connectivity index (χ0v) is 14.1. The van der Waals surface area contributed by atoms with Crippen molar-refractivity contribution in [1.82, 2.24) is 4.90 Å². The van der Waals surface area contributed by atoms with Crippen LogP contribution in [-0.2, 0) is 9.53 Å². The van der Waals surface area contributed by atoms with Crippen LogP contribution in [0.3, 0.4) is 0 Å². The van der Waals surface area contributed by atoms with Gasteiger partial charge in [-0.1, -0.05) is 30.3 Å². The highest BCUT2D eigenvalue weighted by Crippen LogP contribution is 2.43. The van der Waals surface area contributed by atoms with Crippen LogP contribution in [0.15, 0.2) is 48.5 Å². The van der Waals surface area contributed by atoms with E-state index in [4.69, 9.17) is 4.74 Å². The van der Waals surface area contributed by atoms with Gasteiger partial charge in [-0.3, -0.25) is 4.79 Å². The molecule has 1 amide bonds. The molecule has 1 heterocycles. The van der Waals surface area contributed by atoms with E-state index < -0.39 is 5.97 Å².